The molecule has 0 saturated carbocycles. The normalized spacial score (nSPS) is 12.4. The van der Waals surface area contributed by atoms with E-state index in [1.807, 2.05) is 0 Å². The Morgan fingerprint density at radius 2 is 1.70 bits per heavy atom. The van der Waals surface area contributed by atoms with Crippen molar-refractivity contribution in [1.29, 1.82) is 0 Å². The second-order valence-electron chi connectivity index (χ2n) is 4.71. The molecule has 2 N–H and O–H groups in total. The van der Waals surface area contributed by atoms with Crippen molar-refractivity contribution >= 4 is 21.8 Å². The maximum absolute atomic E-state index is 12.6. The van der Waals surface area contributed by atoms with Gasteiger partial charge in [-0.25, -0.2) is 8.42 Å². The summed E-state index contributed by atoms with van der Waals surface area (Å²) in [5.41, 5.74) is 0. The fourth-order valence-electron chi connectivity index (χ4n) is 2.03. The van der Waals surface area contributed by atoms with Gasteiger partial charge in [0.15, 0.2) is 21.3 Å². The first-order valence-corrected chi connectivity index (χ1v) is 8.16. The Morgan fingerprint density at radius 3 is 2.17 bits per heavy atom. The molecule has 9 heteroatoms. The molecule has 0 bridgehead atoms. The third kappa shape index (κ3) is 4.85. The van der Waals surface area contributed by atoms with Crippen molar-refractivity contribution in [2.75, 3.05) is 14.2 Å². The number of carboxylic acids is 2. The third-order valence-corrected chi connectivity index (χ3v) is 5.40. The van der Waals surface area contributed by atoms with Crippen molar-refractivity contribution in [2.45, 2.75) is 29.4 Å². The molecular weight excluding hydrogens is 328 g/mol. The number of ether oxygens (including phenoxy) is 2. The number of aliphatic carboxylic acids is 2. The molecule has 0 fully saturated rings. The van der Waals surface area contributed by atoms with Gasteiger partial charge < -0.3 is 19.7 Å². The molecule has 0 heterocycles. The number of hydrogen-bond acceptors (Lipinski definition) is 6. The largest absolute Gasteiger partial charge is 0.493 e. The lowest BCUT2D eigenvalue weighted by atomic mass is 10.2. The fraction of sp³-hybridized carbons (Fsp3) is 0.429. The van der Waals surface area contributed by atoms with Gasteiger partial charge in [-0.3, -0.25) is 9.59 Å². The lowest BCUT2D eigenvalue weighted by molar-refractivity contribution is -0.139. The van der Waals surface area contributed by atoms with Gasteiger partial charge >= 0.3 is 11.9 Å². The van der Waals surface area contributed by atoms with Gasteiger partial charge in [-0.1, -0.05) is 0 Å². The second kappa shape index (κ2) is 7.82. The van der Waals surface area contributed by atoms with Crippen LogP contribution in [0.25, 0.3) is 0 Å². The molecule has 1 unspecified atom stereocenters. The minimum absolute atomic E-state index is 0.146. The Balaban J connectivity index is 3.22. The zero-order valence-electron chi connectivity index (χ0n) is 12.7. The summed E-state index contributed by atoms with van der Waals surface area (Å²) < 4.78 is 35.2. The first kappa shape index (κ1) is 18.8. The molecule has 0 amide bonds. The van der Waals surface area contributed by atoms with Gasteiger partial charge in [0, 0.05) is 12.5 Å². The number of rotatable bonds is 9. The molecule has 0 aliphatic heterocycles. The monoisotopic (exact) mass is 346 g/mol. The minimum Gasteiger partial charge on any atom is -0.493 e. The number of carbonyl (C=O) groups is 2. The van der Waals surface area contributed by atoms with E-state index in [0.717, 1.165) is 0 Å². The van der Waals surface area contributed by atoms with Gasteiger partial charge in [0.05, 0.1) is 30.8 Å². The highest BCUT2D eigenvalue weighted by molar-refractivity contribution is 7.92. The second-order valence-corrected chi connectivity index (χ2v) is 6.94. The Bertz CT molecular complexity index is 680. The highest BCUT2D eigenvalue weighted by Crippen LogP contribution is 2.32. The molecule has 1 aromatic carbocycles. The molecule has 1 atom stereocenters. The van der Waals surface area contributed by atoms with Crippen LogP contribution in [0.3, 0.4) is 0 Å². The molecule has 0 aliphatic carbocycles. The van der Waals surface area contributed by atoms with E-state index in [1.54, 1.807) is 0 Å². The van der Waals surface area contributed by atoms with E-state index in [-0.39, 0.29) is 17.1 Å². The average Bonchev–Trinajstić information content (AvgIpc) is 2.49. The maximum Gasteiger partial charge on any atom is 0.304 e. The van der Waals surface area contributed by atoms with Crippen LogP contribution in [0.15, 0.2) is 23.1 Å². The minimum atomic E-state index is -4.03. The fourth-order valence-corrected chi connectivity index (χ4v) is 3.74. The van der Waals surface area contributed by atoms with E-state index < -0.39 is 39.9 Å². The van der Waals surface area contributed by atoms with Gasteiger partial charge in [0.1, 0.15) is 0 Å². The van der Waals surface area contributed by atoms with E-state index >= 15 is 0 Å². The van der Waals surface area contributed by atoms with Gasteiger partial charge in [-0.2, -0.15) is 0 Å². The Kier molecular flexibility index (Phi) is 6.38. The molecule has 1 rings (SSSR count). The van der Waals surface area contributed by atoms with Gasteiger partial charge in [0.25, 0.3) is 0 Å². The van der Waals surface area contributed by atoms with E-state index in [9.17, 15) is 18.0 Å². The van der Waals surface area contributed by atoms with E-state index in [4.69, 9.17) is 19.7 Å². The van der Waals surface area contributed by atoms with Crippen molar-refractivity contribution < 1.29 is 37.7 Å². The predicted molar refractivity (Wildman–Crippen MR) is 79.6 cm³/mol. The van der Waals surface area contributed by atoms with E-state index in [1.165, 1.54) is 32.4 Å². The molecule has 23 heavy (non-hydrogen) atoms. The highest BCUT2D eigenvalue weighted by atomic mass is 32.2. The molecule has 8 nitrogen and oxygen atoms in total. The molecule has 0 aromatic heterocycles. The molecule has 0 radical (unpaired) electrons. The summed E-state index contributed by atoms with van der Waals surface area (Å²) in [4.78, 5) is 21.4. The predicted octanol–water partition coefficient (Wildman–Crippen LogP) is 1.19. The number of carboxylic acid groups (broad SMARTS) is 2. The van der Waals surface area contributed by atoms with Crippen LogP contribution in [0.2, 0.25) is 0 Å². The Hall–Kier alpha value is -2.29. The van der Waals surface area contributed by atoms with Crippen molar-refractivity contribution in [1.82, 2.24) is 0 Å². The van der Waals surface area contributed by atoms with Crippen LogP contribution in [0.1, 0.15) is 19.3 Å². The number of hydrogen-bond donors (Lipinski definition) is 2. The molecule has 1 aromatic rings. The van der Waals surface area contributed by atoms with Crippen LogP contribution >= 0.6 is 0 Å². The SMILES string of the molecule is COc1ccc(S(=O)(=O)C(CCC(=O)O)CC(=O)O)cc1OC. The van der Waals surface area contributed by atoms with Crippen molar-refractivity contribution in [3.8, 4) is 11.5 Å². The van der Waals surface area contributed by atoms with Crippen LogP contribution in [0.4, 0.5) is 0 Å². The summed E-state index contributed by atoms with van der Waals surface area (Å²) in [5.74, 6) is -2.00. The van der Waals surface area contributed by atoms with Crippen molar-refractivity contribution in [3.05, 3.63) is 18.2 Å². The zero-order valence-corrected chi connectivity index (χ0v) is 13.5. The smallest absolute Gasteiger partial charge is 0.304 e. The van der Waals surface area contributed by atoms with Gasteiger partial charge in [-0.05, 0) is 18.6 Å². The van der Waals surface area contributed by atoms with Gasteiger partial charge in [-0.15, -0.1) is 0 Å². The summed E-state index contributed by atoms with van der Waals surface area (Å²) in [6, 6.07) is 3.89. The first-order chi connectivity index (χ1) is 10.7. The molecule has 0 saturated heterocycles. The standard InChI is InChI=1S/C14H18O8S/c1-21-11-5-3-9(7-12(11)22-2)23(19,20)10(8-14(17)18)4-6-13(15)16/h3,5,7,10H,4,6,8H2,1-2H3,(H,15,16)(H,17,18). The average molecular weight is 346 g/mol. The van der Waals surface area contributed by atoms with Crippen LogP contribution in [-0.2, 0) is 19.4 Å². The quantitative estimate of drug-likeness (QED) is 0.682. The summed E-state index contributed by atoms with van der Waals surface area (Å²) in [5, 5.41) is 16.3. The Labute approximate surface area is 133 Å². The third-order valence-electron chi connectivity index (χ3n) is 3.20. The lowest BCUT2D eigenvalue weighted by Gasteiger charge is -2.16. The number of sulfone groups is 1. The van der Waals surface area contributed by atoms with Crippen molar-refractivity contribution in [3.63, 3.8) is 0 Å². The van der Waals surface area contributed by atoms with Crippen LogP contribution in [-0.4, -0.2) is 50.0 Å². The zero-order chi connectivity index (χ0) is 17.6. The lowest BCUT2D eigenvalue weighted by Crippen LogP contribution is -2.25. The number of methoxy groups -OCH3 is 2. The van der Waals surface area contributed by atoms with Crippen molar-refractivity contribution in [2.24, 2.45) is 0 Å². The number of benzene rings is 1. The van der Waals surface area contributed by atoms with Crippen LogP contribution in [0, 0.1) is 0 Å². The topological polar surface area (TPSA) is 127 Å². The first-order valence-electron chi connectivity index (χ1n) is 6.62. The summed E-state index contributed by atoms with van der Waals surface area (Å²) >= 11 is 0. The Morgan fingerprint density at radius 1 is 1.09 bits per heavy atom. The maximum atomic E-state index is 12.6. The van der Waals surface area contributed by atoms with Crippen LogP contribution in [0.5, 0.6) is 11.5 Å². The van der Waals surface area contributed by atoms with Crippen LogP contribution < -0.4 is 9.47 Å². The van der Waals surface area contributed by atoms with E-state index in [0.29, 0.717) is 5.75 Å². The highest BCUT2D eigenvalue weighted by Gasteiger charge is 2.31. The summed E-state index contributed by atoms with van der Waals surface area (Å²) in [6.07, 6.45) is -1.41. The molecule has 0 aliphatic rings. The van der Waals surface area contributed by atoms with Gasteiger partial charge in [0.2, 0.25) is 0 Å². The summed E-state index contributed by atoms with van der Waals surface area (Å²) in [6.45, 7) is 0. The summed E-state index contributed by atoms with van der Waals surface area (Å²) in [7, 11) is -1.29. The molecule has 128 valence electrons. The molecular formula is C14H18O8S. The molecule has 0 spiro atoms. The van der Waals surface area contributed by atoms with E-state index in [2.05, 4.69) is 0 Å².